The summed E-state index contributed by atoms with van der Waals surface area (Å²) in [5, 5.41) is 19.8. The number of piperidine rings is 1. The van der Waals surface area contributed by atoms with Gasteiger partial charge in [-0.1, -0.05) is 0 Å². The second kappa shape index (κ2) is 7.36. The summed E-state index contributed by atoms with van der Waals surface area (Å²) in [6, 6.07) is 0.0235. The summed E-state index contributed by atoms with van der Waals surface area (Å²) in [6.07, 6.45) is 9.29. The number of carboxylic acids is 1. The first-order chi connectivity index (χ1) is 10.5. The maximum atomic E-state index is 12.0. The first-order valence-corrected chi connectivity index (χ1v) is 7.64. The van der Waals surface area contributed by atoms with Crippen LogP contribution in [0.5, 0.6) is 0 Å². The third-order valence-corrected chi connectivity index (χ3v) is 4.03. The Labute approximate surface area is 130 Å². The molecule has 1 saturated heterocycles. The zero-order chi connectivity index (χ0) is 16.0. The molecular weight excluding hydrogens is 284 g/mol. The zero-order valence-corrected chi connectivity index (χ0v) is 12.6. The summed E-state index contributed by atoms with van der Waals surface area (Å²) in [6.45, 7) is 1.39. The van der Waals surface area contributed by atoms with Gasteiger partial charge in [0.15, 0.2) is 5.66 Å². The van der Waals surface area contributed by atoms with E-state index in [2.05, 4.69) is 21.5 Å². The average molecular weight is 306 g/mol. The van der Waals surface area contributed by atoms with Crippen LogP contribution in [0.1, 0.15) is 38.5 Å². The van der Waals surface area contributed by atoms with Gasteiger partial charge in [-0.15, -0.1) is 12.3 Å². The minimum atomic E-state index is -0.834. The first kappa shape index (κ1) is 16.4. The number of carbonyl (C=O) groups excluding carboxylic acids is 1. The van der Waals surface area contributed by atoms with Crippen molar-refractivity contribution in [3.63, 3.8) is 0 Å². The molecule has 2 aliphatic rings. The Hall–Kier alpha value is -1.94. The molecule has 1 atom stereocenters. The molecular formula is C15H22N4O3. The number of rotatable bonds is 8. The number of carboxylic acid groups (broad SMARTS) is 1. The summed E-state index contributed by atoms with van der Waals surface area (Å²) in [7, 11) is 0. The van der Waals surface area contributed by atoms with Crippen molar-refractivity contribution in [2.45, 2.75) is 50.2 Å². The summed E-state index contributed by atoms with van der Waals surface area (Å²) >= 11 is 0. The minimum Gasteiger partial charge on any atom is -0.480 e. The number of amides is 1. The van der Waals surface area contributed by atoms with Gasteiger partial charge < -0.3 is 10.4 Å². The van der Waals surface area contributed by atoms with E-state index in [9.17, 15) is 9.59 Å². The second-order valence-electron chi connectivity index (χ2n) is 5.92. The van der Waals surface area contributed by atoms with Crippen LogP contribution in [0.3, 0.4) is 0 Å². The molecule has 0 aromatic rings. The lowest BCUT2D eigenvalue weighted by atomic mass is 10.0. The van der Waals surface area contributed by atoms with Gasteiger partial charge in [-0.3, -0.25) is 14.5 Å². The molecule has 1 fully saturated rings. The quantitative estimate of drug-likeness (QED) is 0.654. The van der Waals surface area contributed by atoms with Crippen molar-refractivity contribution in [3.8, 4) is 12.3 Å². The highest BCUT2D eigenvalue weighted by molar-refractivity contribution is 5.76. The van der Waals surface area contributed by atoms with E-state index in [0.29, 0.717) is 32.2 Å². The molecule has 2 N–H and O–H groups in total. The van der Waals surface area contributed by atoms with Gasteiger partial charge in [-0.05, 0) is 19.4 Å². The number of aliphatic carboxylic acids is 1. The van der Waals surface area contributed by atoms with Crippen molar-refractivity contribution in [1.29, 1.82) is 0 Å². The SMILES string of the molecule is C#CCCC1(CCC(=O)NC2CCCN(CC(=O)O)C2)N=N1. The Bertz CT molecular complexity index is 492. The number of likely N-dealkylation sites (tertiary alicyclic amines) is 1. The van der Waals surface area contributed by atoms with Crippen molar-refractivity contribution >= 4 is 11.9 Å². The fourth-order valence-corrected chi connectivity index (χ4v) is 2.79. The van der Waals surface area contributed by atoms with Gasteiger partial charge in [-0.25, -0.2) is 0 Å². The third kappa shape index (κ3) is 5.11. The number of nitrogens with one attached hydrogen (secondary N) is 1. The molecule has 0 spiro atoms. The van der Waals surface area contributed by atoms with Gasteiger partial charge in [0.2, 0.25) is 5.91 Å². The van der Waals surface area contributed by atoms with Crippen LogP contribution >= 0.6 is 0 Å². The van der Waals surface area contributed by atoms with Crippen LogP contribution < -0.4 is 5.32 Å². The molecule has 120 valence electrons. The summed E-state index contributed by atoms with van der Waals surface area (Å²) in [4.78, 5) is 24.6. The van der Waals surface area contributed by atoms with Gasteiger partial charge in [-0.2, -0.15) is 10.2 Å². The third-order valence-electron chi connectivity index (χ3n) is 4.03. The van der Waals surface area contributed by atoms with Gasteiger partial charge in [0.05, 0.1) is 6.54 Å². The van der Waals surface area contributed by atoms with E-state index < -0.39 is 11.6 Å². The fourth-order valence-electron chi connectivity index (χ4n) is 2.79. The van der Waals surface area contributed by atoms with Gasteiger partial charge >= 0.3 is 5.97 Å². The summed E-state index contributed by atoms with van der Waals surface area (Å²) in [5.74, 6) is 1.70. The molecule has 22 heavy (non-hydrogen) atoms. The molecule has 0 aromatic heterocycles. The zero-order valence-electron chi connectivity index (χ0n) is 12.6. The number of carbonyl (C=O) groups is 2. The van der Waals surface area contributed by atoms with Gasteiger partial charge in [0.1, 0.15) is 0 Å². The standard InChI is InChI=1S/C15H22N4O3/c1-2-3-7-15(17-18-15)8-6-13(20)16-12-5-4-9-19(10-12)11-14(21)22/h1,12H,3-11H2,(H,16,20)(H,21,22). The number of terminal acetylenes is 1. The number of hydrogen-bond acceptors (Lipinski definition) is 5. The molecule has 7 nitrogen and oxygen atoms in total. The predicted octanol–water partition coefficient (Wildman–Crippen LogP) is 1.01. The second-order valence-corrected chi connectivity index (χ2v) is 5.92. The summed E-state index contributed by atoms with van der Waals surface area (Å²) in [5.41, 5.74) is -0.425. The van der Waals surface area contributed by atoms with Crippen LogP contribution in [-0.4, -0.2) is 53.2 Å². The van der Waals surface area contributed by atoms with Gasteiger partial charge in [0.25, 0.3) is 0 Å². The molecule has 2 rings (SSSR count). The van der Waals surface area contributed by atoms with Crippen LogP contribution in [0.4, 0.5) is 0 Å². The molecule has 0 aromatic carbocycles. The van der Waals surface area contributed by atoms with E-state index in [4.69, 9.17) is 11.5 Å². The molecule has 0 radical (unpaired) electrons. The van der Waals surface area contributed by atoms with E-state index in [0.717, 1.165) is 19.4 Å². The predicted molar refractivity (Wildman–Crippen MR) is 80.1 cm³/mol. The van der Waals surface area contributed by atoms with Crippen LogP contribution in [0.2, 0.25) is 0 Å². The van der Waals surface area contributed by atoms with Crippen molar-refractivity contribution in [2.24, 2.45) is 10.2 Å². The molecule has 1 unspecified atom stereocenters. The smallest absolute Gasteiger partial charge is 0.317 e. The van der Waals surface area contributed by atoms with E-state index in [-0.39, 0.29) is 18.5 Å². The summed E-state index contributed by atoms with van der Waals surface area (Å²) < 4.78 is 0. The maximum absolute atomic E-state index is 12.0. The minimum absolute atomic E-state index is 0.0235. The van der Waals surface area contributed by atoms with Crippen molar-refractivity contribution < 1.29 is 14.7 Å². The van der Waals surface area contributed by atoms with E-state index in [1.165, 1.54) is 0 Å². The van der Waals surface area contributed by atoms with E-state index >= 15 is 0 Å². The molecule has 0 bridgehead atoms. The van der Waals surface area contributed by atoms with E-state index in [1.807, 2.05) is 4.90 Å². The average Bonchev–Trinajstić information content (AvgIpc) is 3.23. The highest BCUT2D eigenvalue weighted by Gasteiger charge is 2.39. The largest absolute Gasteiger partial charge is 0.480 e. The molecule has 7 heteroatoms. The van der Waals surface area contributed by atoms with Crippen molar-refractivity contribution in [2.75, 3.05) is 19.6 Å². The normalized spacial score (nSPS) is 22.8. The lowest BCUT2D eigenvalue weighted by molar-refractivity contribution is -0.138. The Morgan fingerprint density at radius 3 is 2.82 bits per heavy atom. The van der Waals surface area contributed by atoms with E-state index in [1.54, 1.807) is 0 Å². The number of nitrogens with zero attached hydrogens (tertiary/aromatic N) is 3. The Kier molecular flexibility index (Phi) is 5.50. The monoisotopic (exact) mass is 306 g/mol. The lowest BCUT2D eigenvalue weighted by Crippen LogP contribution is -2.49. The Balaban J connectivity index is 1.68. The van der Waals surface area contributed by atoms with Crippen LogP contribution in [0.25, 0.3) is 0 Å². The molecule has 1 amide bonds. The first-order valence-electron chi connectivity index (χ1n) is 7.64. The highest BCUT2D eigenvalue weighted by Crippen LogP contribution is 2.37. The highest BCUT2D eigenvalue weighted by atomic mass is 16.4. The van der Waals surface area contributed by atoms with Crippen LogP contribution in [-0.2, 0) is 9.59 Å². The molecule has 0 aliphatic carbocycles. The molecule has 2 heterocycles. The topological polar surface area (TPSA) is 94.4 Å². The maximum Gasteiger partial charge on any atom is 0.317 e. The van der Waals surface area contributed by atoms with Crippen molar-refractivity contribution in [1.82, 2.24) is 10.2 Å². The molecule has 2 aliphatic heterocycles. The number of hydrogen-bond donors (Lipinski definition) is 2. The van der Waals surface area contributed by atoms with Crippen molar-refractivity contribution in [3.05, 3.63) is 0 Å². The Morgan fingerprint density at radius 2 is 2.18 bits per heavy atom. The fraction of sp³-hybridized carbons (Fsp3) is 0.733. The van der Waals surface area contributed by atoms with Crippen LogP contribution in [0, 0.1) is 12.3 Å². The Morgan fingerprint density at radius 1 is 1.41 bits per heavy atom. The van der Waals surface area contributed by atoms with Crippen LogP contribution in [0.15, 0.2) is 10.2 Å². The lowest BCUT2D eigenvalue weighted by Gasteiger charge is -2.32. The van der Waals surface area contributed by atoms with Gasteiger partial charge in [0, 0.05) is 38.3 Å². The molecule has 0 saturated carbocycles.